The third-order valence-corrected chi connectivity index (χ3v) is 4.08. The summed E-state index contributed by atoms with van der Waals surface area (Å²) in [6, 6.07) is 4.56. The summed E-state index contributed by atoms with van der Waals surface area (Å²) in [7, 11) is 0. The second kappa shape index (κ2) is 5.24. The molecule has 2 heterocycles. The zero-order valence-corrected chi connectivity index (χ0v) is 10.7. The molecule has 4 heteroatoms. The van der Waals surface area contributed by atoms with Crippen LogP contribution in [0, 0.1) is 0 Å². The van der Waals surface area contributed by atoms with Crippen molar-refractivity contribution >= 4 is 5.82 Å². The number of nitrogens with zero attached hydrogens (tertiary/aromatic N) is 2. The lowest BCUT2D eigenvalue weighted by molar-refractivity contribution is -0.0911. The molecule has 18 heavy (non-hydrogen) atoms. The Hall–Kier alpha value is -1.13. The first-order chi connectivity index (χ1) is 8.83. The molecule has 1 aliphatic carbocycles. The van der Waals surface area contributed by atoms with Crippen LogP contribution in [-0.4, -0.2) is 35.2 Å². The van der Waals surface area contributed by atoms with E-state index in [2.05, 4.69) is 16.0 Å². The average Bonchev–Trinajstić information content (AvgIpc) is 2.42. The number of hydrogen-bond donors (Lipinski definition) is 1. The Morgan fingerprint density at radius 1 is 1.33 bits per heavy atom. The van der Waals surface area contributed by atoms with Gasteiger partial charge in [0.05, 0.1) is 12.7 Å². The summed E-state index contributed by atoms with van der Waals surface area (Å²) in [4.78, 5) is 6.72. The third kappa shape index (κ3) is 2.49. The molecule has 2 atom stereocenters. The molecule has 3 rings (SSSR count). The van der Waals surface area contributed by atoms with Gasteiger partial charge in [-0.25, -0.2) is 4.98 Å². The van der Waals surface area contributed by atoms with Gasteiger partial charge < -0.3 is 10.5 Å². The second-order valence-corrected chi connectivity index (χ2v) is 5.32. The number of fused-ring (bicyclic) bond motifs is 1. The number of rotatable bonds is 2. The maximum atomic E-state index is 5.89. The molecule has 1 aromatic rings. The van der Waals surface area contributed by atoms with Crippen molar-refractivity contribution in [3.63, 3.8) is 0 Å². The molecule has 4 nitrogen and oxygen atoms in total. The van der Waals surface area contributed by atoms with Crippen LogP contribution in [0.5, 0.6) is 0 Å². The summed E-state index contributed by atoms with van der Waals surface area (Å²) in [5.74, 6) is 0.594. The first kappa shape index (κ1) is 11.9. The van der Waals surface area contributed by atoms with E-state index < -0.39 is 0 Å². The number of ether oxygens (including phenoxy) is 1. The van der Waals surface area contributed by atoms with Crippen LogP contribution in [0.3, 0.4) is 0 Å². The molecule has 2 unspecified atom stereocenters. The highest BCUT2D eigenvalue weighted by Gasteiger charge is 2.33. The van der Waals surface area contributed by atoms with Gasteiger partial charge in [0.2, 0.25) is 0 Å². The molecule has 0 radical (unpaired) electrons. The summed E-state index contributed by atoms with van der Waals surface area (Å²) in [6.07, 6.45) is 7.49. The summed E-state index contributed by atoms with van der Waals surface area (Å²) in [6.45, 7) is 2.87. The Balaban J connectivity index is 1.69. The summed E-state index contributed by atoms with van der Waals surface area (Å²) < 4.78 is 5.89. The van der Waals surface area contributed by atoms with E-state index in [9.17, 15) is 0 Å². The van der Waals surface area contributed by atoms with E-state index >= 15 is 0 Å². The van der Waals surface area contributed by atoms with Crippen molar-refractivity contribution in [1.29, 1.82) is 0 Å². The smallest absolute Gasteiger partial charge is 0.123 e. The minimum Gasteiger partial charge on any atom is -0.384 e. The predicted molar refractivity (Wildman–Crippen MR) is 71.1 cm³/mol. The van der Waals surface area contributed by atoms with Crippen LogP contribution in [0.15, 0.2) is 18.3 Å². The maximum Gasteiger partial charge on any atom is 0.123 e. The van der Waals surface area contributed by atoms with Crippen LogP contribution in [0.4, 0.5) is 5.82 Å². The van der Waals surface area contributed by atoms with Crippen molar-refractivity contribution in [2.45, 2.75) is 44.4 Å². The number of anilines is 1. The van der Waals surface area contributed by atoms with Crippen LogP contribution >= 0.6 is 0 Å². The van der Waals surface area contributed by atoms with Crippen LogP contribution in [0.2, 0.25) is 0 Å². The number of pyridine rings is 1. The Labute approximate surface area is 108 Å². The van der Waals surface area contributed by atoms with Crippen molar-refractivity contribution in [3.05, 3.63) is 23.9 Å². The molecule has 0 bridgehead atoms. The lowest BCUT2D eigenvalue weighted by atomic mass is 9.90. The topological polar surface area (TPSA) is 51.4 Å². The van der Waals surface area contributed by atoms with Gasteiger partial charge in [0.1, 0.15) is 5.82 Å². The minimum absolute atomic E-state index is 0.453. The maximum absolute atomic E-state index is 5.89. The molecule has 1 aliphatic heterocycles. The average molecular weight is 247 g/mol. The molecule has 98 valence electrons. The highest BCUT2D eigenvalue weighted by Crippen LogP contribution is 2.29. The second-order valence-electron chi connectivity index (χ2n) is 5.32. The molecule has 0 amide bonds. The normalized spacial score (nSPS) is 28.9. The summed E-state index contributed by atoms with van der Waals surface area (Å²) in [5, 5.41) is 0. The van der Waals surface area contributed by atoms with Crippen molar-refractivity contribution < 1.29 is 4.74 Å². The minimum atomic E-state index is 0.453. The van der Waals surface area contributed by atoms with E-state index in [4.69, 9.17) is 10.5 Å². The van der Waals surface area contributed by atoms with E-state index in [0.29, 0.717) is 18.0 Å². The molecule has 2 fully saturated rings. The third-order valence-electron chi connectivity index (χ3n) is 4.08. The van der Waals surface area contributed by atoms with Crippen molar-refractivity contribution in [3.8, 4) is 0 Å². The number of hydrogen-bond acceptors (Lipinski definition) is 4. The van der Waals surface area contributed by atoms with Crippen molar-refractivity contribution in [2.24, 2.45) is 0 Å². The molecule has 2 N–H and O–H groups in total. The number of aromatic nitrogens is 1. The largest absolute Gasteiger partial charge is 0.384 e. The fourth-order valence-corrected chi connectivity index (χ4v) is 3.14. The highest BCUT2D eigenvalue weighted by molar-refractivity contribution is 5.29. The van der Waals surface area contributed by atoms with Crippen LogP contribution in [0.1, 0.15) is 31.2 Å². The van der Waals surface area contributed by atoms with Gasteiger partial charge in [-0.2, -0.15) is 0 Å². The van der Waals surface area contributed by atoms with E-state index in [-0.39, 0.29) is 0 Å². The quantitative estimate of drug-likeness (QED) is 0.866. The summed E-state index contributed by atoms with van der Waals surface area (Å²) in [5.41, 5.74) is 6.87. The predicted octanol–water partition coefficient (Wildman–Crippen LogP) is 1.81. The van der Waals surface area contributed by atoms with Gasteiger partial charge in [-0.1, -0.05) is 18.9 Å². The Kier molecular flexibility index (Phi) is 3.48. The molecule has 1 saturated heterocycles. The monoisotopic (exact) mass is 247 g/mol. The van der Waals surface area contributed by atoms with Gasteiger partial charge in [0, 0.05) is 25.3 Å². The SMILES string of the molecule is Nc1ccc(CN2CCOC3CCCCC32)cn1. The van der Waals surface area contributed by atoms with Gasteiger partial charge in [0.15, 0.2) is 0 Å². The van der Waals surface area contributed by atoms with Crippen molar-refractivity contribution in [2.75, 3.05) is 18.9 Å². The van der Waals surface area contributed by atoms with Gasteiger partial charge in [-0.15, -0.1) is 0 Å². The van der Waals surface area contributed by atoms with Crippen LogP contribution in [0.25, 0.3) is 0 Å². The fourth-order valence-electron chi connectivity index (χ4n) is 3.14. The highest BCUT2D eigenvalue weighted by atomic mass is 16.5. The van der Waals surface area contributed by atoms with Crippen molar-refractivity contribution in [1.82, 2.24) is 9.88 Å². The number of nitrogen functional groups attached to an aromatic ring is 1. The molecule has 0 spiro atoms. The Morgan fingerprint density at radius 3 is 3.06 bits per heavy atom. The Morgan fingerprint density at radius 2 is 2.22 bits per heavy atom. The molecule has 0 aromatic carbocycles. The number of nitrogens with two attached hydrogens (primary N) is 1. The van der Waals surface area contributed by atoms with Gasteiger partial charge >= 0.3 is 0 Å². The molecular weight excluding hydrogens is 226 g/mol. The Bertz CT molecular complexity index is 391. The van der Waals surface area contributed by atoms with Crippen LogP contribution < -0.4 is 5.73 Å². The number of morpholine rings is 1. The lowest BCUT2D eigenvalue weighted by Crippen LogP contribution is -2.52. The molecule has 1 saturated carbocycles. The first-order valence-electron chi connectivity index (χ1n) is 6.89. The lowest BCUT2D eigenvalue weighted by Gasteiger charge is -2.43. The van der Waals surface area contributed by atoms with Crippen LogP contribution in [-0.2, 0) is 11.3 Å². The van der Waals surface area contributed by atoms with E-state index in [1.54, 1.807) is 0 Å². The molecular formula is C14H21N3O. The van der Waals surface area contributed by atoms with Gasteiger partial charge in [-0.3, -0.25) is 4.90 Å². The van der Waals surface area contributed by atoms with Gasteiger partial charge in [-0.05, 0) is 24.5 Å². The zero-order valence-electron chi connectivity index (χ0n) is 10.7. The standard InChI is InChI=1S/C14H21N3O/c15-14-6-5-11(9-16-14)10-17-7-8-18-13-4-2-1-3-12(13)17/h5-6,9,12-13H,1-4,7-8,10H2,(H2,15,16). The first-order valence-corrected chi connectivity index (χ1v) is 6.89. The van der Waals surface area contributed by atoms with E-state index in [1.165, 1.54) is 31.2 Å². The zero-order chi connectivity index (χ0) is 12.4. The summed E-state index contributed by atoms with van der Waals surface area (Å²) >= 11 is 0. The van der Waals surface area contributed by atoms with E-state index in [1.807, 2.05) is 12.3 Å². The molecule has 1 aromatic heterocycles. The fraction of sp³-hybridized carbons (Fsp3) is 0.643. The van der Waals surface area contributed by atoms with E-state index in [0.717, 1.165) is 19.7 Å². The van der Waals surface area contributed by atoms with Gasteiger partial charge in [0.25, 0.3) is 0 Å². The molecule has 2 aliphatic rings.